The molecule has 2 N–H and O–H groups in total. The molecule has 2 aromatic rings. The Morgan fingerprint density at radius 3 is 2.43 bits per heavy atom. The Morgan fingerprint density at radius 1 is 1.05 bits per heavy atom. The summed E-state index contributed by atoms with van der Waals surface area (Å²) in [5.41, 5.74) is 7.51. The van der Waals surface area contributed by atoms with Crippen LogP contribution >= 0.6 is 0 Å². The van der Waals surface area contributed by atoms with Crippen LogP contribution in [0.25, 0.3) is 0 Å². The molecule has 4 nitrogen and oxygen atoms in total. The first-order chi connectivity index (χ1) is 10.1. The molecule has 1 heterocycles. The lowest BCUT2D eigenvalue weighted by Crippen LogP contribution is -2.30. The predicted molar refractivity (Wildman–Crippen MR) is 83.8 cm³/mol. The van der Waals surface area contributed by atoms with E-state index >= 15 is 0 Å². The second kappa shape index (κ2) is 5.50. The van der Waals surface area contributed by atoms with E-state index < -0.39 is 10.0 Å². The zero-order valence-corrected chi connectivity index (χ0v) is 12.5. The van der Waals surface area contributed by atoms with Gasteiger partial charge in [0, 0.05) is 12.5 Å². The number of nitrogens with two attached hydrogens (primary N) is 1. The van der Waals surface area contributed by atoms with E-state index in [1.807, 2.05) is 30.3 Å². The van der Waals surface area contributed by atoms with Crippen LogP contribution in [-0.4, -0.2) is 21.5 Å². The summed E-state index contributed by atoms with van der Waals surface area (Å²) in [6.45, 7) is 1.02. The summed E-state index contributed by atoms with van der Waals surface area (Å²) in [6, 6.07) is 16.2. The number of anilines is 1. The number of nitrogens with zero attached hydrogens (tertiary/aromatic N) is 1. The number of rotatable bonds is 4. The van der Waals surface area contributed by atoms with Crippen LogP contribution in [0.3, 0.4) is 0 Å². The Morgan fingerprint density at radius 2 is 1.71 bits per heavy atom. The van der Waals surface area contributed by atoms with Crippen LogP contribution in [0.4, 0.5) is 5.69 Å². The SMILES string of the molecule is NCCC1CN(S(=O)(=O)c2ccccc2)c2ccccc21. The van der Waals surface area contributed by atoms with Gasteiger partial charge in [-0.1, -0.05) is 36.4 Å². The molecule has 0 amide bonds. The molecule has 0 aliphatic carbocycles. The molecule has 0 bridgehead atoms. The minimum Gasteiger partial charge on any atom is -0.330 e. The van der Waals surface area contributed by atoms with Gasteiger partial charge in [-0.25, -0.2) is 8.42 Å². The van der Waals surface area contributed by atoms with Crippen molar-refractivity contribution in [1.82, 2.24) is 0 Å². The fraction of sp³-hybridized carbons (Fsp3) is 0.250. The van der Waals surface area contributed by atoms with Crippen molar-refractivity contribution >= 4 is 15.7 Å². The fourth-order valence-corrected chi connectivity index (χ4v) is 4.41. The molecule has 1 aliphatic rings. The lowest BCUT2D eigenvalue weighted by Gasteiger charge is -2.20. The Labute approximate surface area is 125 Å². The van der Waals surface area contributed by atoms with E-state index in [2.05, 4.69) is 0 Å². The van der Waals surface area contributed by atoms with Gasteiger partial charge in [0.05, 0.1) is 10.6 Å². The van der Waals surface area contributed by atoms with Crippen molar-refractivity contribution in [3.05, 3.63) is 60.2 Å². The zero-order chi connectivity index (χ0) is 14.9. The number of para-hydroxylation sites is 1. The summed E-state index contributed by atoms with van der Waals surface area (Å²) in [7, 11) is -3.51. The van der Waals surface area contributed by atoms with E-state index in [1.165, 1.54) is 4.31 Å². The minimum atomic E-state index is -3.51. The van der Waals surface area contributed by atoms with Crippen LogP contribution in [-0.2, 0) is 10.0 Å². The maximum absolute atomic E-state index is 12.8. The molecule has 0 saturated heterocycles. The first-order valence-corrected chi connectivity index (χ1v) is 8.45. The largest absolute Gasteiger partial charge is 0.330 e. The van der Waals surface area contributed by atoms with Gasteiger partial charge in [0.1, 0.15) is 0 Å². The molecular weight excluding hydrogens is 284 g/mol. The summed E-state index contributed by atoms with van der Waals surface area (Å²) in [4.78, 5) is 0.327. The highest BCUT2D eigenvalue weighted by atomic mass is 32.2. The first kappa shape index (κ1) is 14.1. The Bertz CT molecular complexity index is 729. The third-order valence-electron chi connectivity index (χ3n) is 3.88. The van der Waals surface area contributed by atoms with Gasteiger partial charge in [-0.2, -0.15) is 0 Å². The van der Waals surface area contributed by atoms with E-state index in [-0.39, 0.29) is 5.92 Å². The normalized spacial score (nSPS) is 17.8. The van der Waals surface area contributed by atoms with E-state index in [1.54, 1.807) is 24.3 Å². The van der Waals surface area contributed by atoms with Gasteiger partial charge >= 0.3 is 0 Å². The molecule has 21 heavy (non-hydrogen) atoms. The van der Waals surface area contributed by atoms with E-state index in [9.17, 15) is 8.42 Å². The molecule has 0 fully saturated rings. The fourth-order valence-electron chi connectivity index (χ4n) is 2.85. The minimum absolute atomic E-state index is 0.171. The molecule has 2 aromatic carbocycles. The zero-order valence-electron chi connectivity index (χ0n) is 11.6. The van der Waals surface area contributed by atoms with Crippen LogP contribution in [0.15, 0.2) is 59.5 Å². The summed E-state index contributed by atoms with van der Waals surface area (Å²) in [5, 5.41) is 0. The Balaban J connectivity index is 2.05. The van der Waals surface area contributed by atoms with E-state index in [0.717, 1.165) is 17.7 Å². The van der Waals surface area contributed by atoms with Gasteiger partial charge in [0.25, 0.3) is 10.0 Å². The molecule has 0 radical (unpaired) electrons. The average molecular weight is 302 g/mol. The third kappa shape index (κ3) is 2.43. The second-order valence-electron chi connectivity index (χ2n) is 5.18. The van der Waals surface area contributed by atoms with Crippen molar-refractivity contribution in [2.45, 2.75) is 17.2 Å². The molecule has 0 aromatic heterocycles. The van der Waals surface area contributed by atoms with Crippen molar-refractivity contribution < 1.29 is 8.42 Å². The maximum Gasteiger partial charge on any atom is 0.264 e. The highest BCUT2D eigenvalue weighted by Crippen LogP contribution is 2.40. The average Bonchev–Trinajstić information content (AvgIpc) is 2.88. The molecule has 1 unspecified atom stereocenters. The summed E-state index contributed by atoms with van der Waals surface area (Å²) in [5.74, 6) is 0.171. The standard InChI is InChI=1S/C16H18N2O2S/c17-11-10-13-12-18(16-9-5-4-8-15(13)16)21(19,20)14-6-2-1-3-7-14/h1-9,13H,10-12,17H2. The number of hydrogen-bond acceptors (Lipinski definition) is 3. The number of sulfonamides is 1. The van der Waals surface area contributed by atoms with Gasteiger partial charge in [0.2, 0.25) is 0 Å². The van der Waals surface area contributed by atoms with Gasteiger partial charge in [0.15, 0.2) is 0 Å². The van der Waals surface area contributed by atoms with Crippen LogP contribution in [0.5, 0.6) is 0 Å². The van der Waals surface area contributed by atoms with Crippen molar-refractivity contribution in [2.75, 3.05) is 17.4 Å². The van der Waals surface area contributed by atoms with Crippen molar-refractivity contribution in [1.29, 1.82) is 0 Å². The van der Waals surface area contributed by atoms with E-state index in [0.29, 0.717) is 18.0 Å². The van der Waals surface area contributed by atoms with Gasteiger partial charge in [-0.3, -0.25) is 4.31 Å². The smallest absolute Gasteiger partial charge is 0.264 e. The topological polar surface area (TPSA) is 63.4 Å². The predicted octanol–water partition coefficient (Wildman–Crippen LogP) is 2.33. The number of benzene rings is 2. The molecule has 1 aliphatic heterocycles. The second-order valence-corrected chi connectivity index (χ2v) is 7.04. The lowest BCUT2D eigenvalue weighted by molar-refractivity contribution is 0.586. The van der Waals surface area contributed by atoms with E-state index in [4.69, 9.17) is 5.73 Å². The van der Waals surface area contributed by atoms with Gasteiger partial charge in [-0.05, 0) is 36.7 Å². The van der Waals surface area contributed by atoms with Crippen LogP contribution in [0, 0.1) is 0 Å². The monoisotopic (exact) mass is 302 g/mol. The summed E-state index contributed by atoms with van der Waals surface area (Å²) >= 11 is 0. The first-order valence-electron chi connectivity index (χ1n) is 7.01. The Kier molecular flexibility index (Phi) is 3.69. The molecule has 1 atom stereocenters. The van der Waals surface area contributed by atoms with Crippen molar-refractivity contribution in [3.8, 4) is 0 Å². The van der Waals surface area contributed by atoms with Crippen molar-refractivity contribution in [2.24, 2.45) is 5.73 Å². The Hall–Kier alpha value is -1.85. The molecule has 110 valence electrons. The third-order valence-corrected chi connectivity index (χ3v) is 5.67. The highest BCUT2D eigenvalue weighted by molar-refractivity contribution is 7.92. The molecule has 5 heteroatoms. The summed E-state index contributed by atoms with van der Waals surface area (Å²) in [6.07, 6.45) is 0.790. The molecule has 3 rings (SSSR count). The summed E-state index contributed by atoms with van der Waals surface area (Å²) < 4.78 is 27.2. The van der Waals surface area contributed by atoms with Crippen molar-refractivity contribution in [3.63, 3.8) is 0 Å². The molecular formula is C16H18N2O2S. The molecule has 0 spiro atoms. The number of hydrogen-bond donors (Lipinski definition) is 1. The lowest BCUT2D eigenvalue weighted by atomic mass is 9.98. The maximum atomic E-state index is 12.8. The quantitative estimate of drug-likeness (QED) is 0.943. The van der Waals surface area contributed by atoms with Gasteiger partial charge < -0.3 is 5.73 Å². The van der Waals surface area contributed by atoms with Crippen LogP contribution in [0.1, 0.15) is 17.9 Å². The molecule has 0 saturated carbocycles. The highest BCUT2D eigenvalue weighted by Gasteiger charge is 2.35. The van der Waals surface area contributed by atoms with Gasteiger partial charge in [-0.15, -0.1) is 0 Å². The number of fused-ring (bicyclic) bond motifs is 1. The van der Waals surface area contributed by atoms with Crippen LogP contribution in [0.2, 0.25) is 0 Å². The van der Waals surface area contributed by atoms with Crippen LogP contribution < -0.4 is 10.0 Å².